The number of unbranched alkanes of at least 4 members (excludes halogenated alkanes) is 2. The molecule has 0 aliphatic carbocycles. The molecule has 0 heteroatoms. The van der Waals surface area contributed by atoms with Crippen molar-refractivity contribution in [2.24, 2.45) is 5.41 Å². The molecule has 0 nitrogen and oxygen atoms in total. The van der Waals surface area contributed by atoms with Crippen molar-refractivity contribution in [1.82, 2.24) is 0 Å². The first-order valence-corrected chi connectivity index (χ1v) is 4.66. The summed E-state index contributed by atoms with van der Waals surface area (Å²) < 4.78 is 0. The fourth-order valence-electron chi connectivity index (χ4n) is 1.27. The van der Waals surface area contributed by atoms with Gasteiger partial charge in [0, 0.05) is 0 Å². The molecule has 0 unspecified atom stereocenters. The van der Waals surface area contributed by atoms with E-state index in [2.05, 4.69) is 20.8 Å². The maximum atomic E-state index is 5.39. The highest BCUT2D eigenvalue weighted by Gasteiger charge is 2.14. The summed E-state index contributed by atoms with van der Waals surface area (Å²) in [6.45, 7) is 12.2. The highest BCUT2D eigenvalue weighted by molar-refractivity contribution is 4.77. The van der Waals surface area contributed by atoms with E-state index in [0.717, 1.165) is 6.42 Å². The average molecular weight is 153 g/mol. The van der Waals surface area contributed by atoms with Crippen LogP contribution in [0.15, 0.2) is 6.08 Å². The number of hydrogen-bond donors (Lipinski definition) is 0. The van der Waals surface area contributed by atoms with Crippen LogP contribution >= 0.6 is 0 Å². The summed E-state index contributed by atoms with van der Waals surface area (Å²) >= 11 is 0. The van der Waals surface area contributed by atoms with Gasteiger partial charge in [0.25, 0.3) is 0 Å². The van der Waals surface area contributed by atoms with Crippen LogP contribution in [0.3, 0.4) is 0 Å². The zero-order valence-electron chi connectivity index (χ0n) is 8.19. The van der Waals surface area contributed by atoms with Gasteiger partial charge in [-0.15, -0.1) is 0 Å². The van der Waals surface area contributed by atoms with Crippen LogP contribution in [-0.4, -0.2) is 0 Å². The van der Waals surface area contributed by atoms with E-state index in [1.54, 1.807) is 6.08 Å². The Morgan fingerprint density at radius 1 is 1.27 bits per heavy atom. The Morgan fingerprint density at radius 2 is 1.91 bits per heavy atom. The molecule has 0 aliphatic heterocycles. The molecule has 0 aromatic heterocycles. The summed E-state index contributed by atoms with van der Waals surface area (Å²) in [4.78, 5) is 0. The minimum atomic E-state index is 0.421. The third-order valence-corrected chi connectivity index (χ3v) is 2.13. The van der Waals surface area contributed by atoms with Gasteiger partial charge in [0.2, 0.25) is 0 Å². The molecule has 11 heavy (non-hydrogen) atoms. The topological polar surface area (TPSA) is 0 Å². The van der Waals surface area contributed by atoms with E-state index in [0.29, 0.717) is 5.41 Å². The van der Waals surface area contributed by atoms with Crippen LogP contribution in [0.25, 0.3) is 0 Å². The Bertz CT molecular complexity index is 101. The second-order valence-electron chi connectivity index (χ2n) is 4.06. The molecule has 65 valence electrons. The van der Waals surface area contributed by atoms with Gasteiger partial charge in [-0.1, -0.05) is 52.7 Å². The van der Waals surface area contributed by atoms with Crippen LogP contribution in [-0.2, 0) is 0 Å². The van der Waals surface area contributed by atoms with E-state index >= 15 is 0 Å². The minimum absolute atomic E-state index is 0.421. The smallest absolute Gasteiger partial charge is 0.0296 e. The van der Waals surface area contributed by atoms with Crippen molar-refractivity contribution < 1.29 is 0 Å². The first-order chi connectivity index (χ1) is 5.12. The lowest BCUT2D eigenvalue weighted by Gasteiger charge is -2.22. The van der Waals surface area contributed by atoms with Crippen molar-refractivity contribution in [2.45, 2.75) is 52.9 Å². The molecule has 0 heterocycles. The van der Waals surface area contributed by atoms with Crippen LogP contribution < -0.4 is 0 Å². The highest BCUT2D eigenvalue weighted by Crippen LogP contribution is 2.27. The van der Waals surface area contributed by atoms with Crippen molar-refractivity contribution in [2.75, 3.05) is 0 Å². The lowest BCUT2D eigenvalue weighted by Crippen LogP contribution is -2.09. The van der Waals surface area contributed by atoms with Gasteiger partial charge in [0.1, 0.15) is 0 Å². The van der Waals surface area contributed by atoms with Crippen LogP contribution in [0.2, 0.25) is 0 Å². The van der Waals surface area contributed by atoms with Crippen molar-refractivity contribution >= 4 is 0 Å². The standard InChI is InChI=1S/C11H21/c1-5-7-8-10-11(3,4)9-6-2/h2,6H,5,7-10H2,1,3-4H3. The first-order valence-electron chi connectivity index (χ1n) is 4.66. The van der Waals surface area contributed by atoms with Gasteiger partial charge >= 0.3 is 0 Å². The van der Waals surface area contributed by atoms with Crippen LogP contribution in [0.4, 0.5) is 0 Å². The fourth-order valence-corrected chi connectivity index (χ4v) is 1.27. The van der Waals surface area contributed by atoms with Gasteiger partial charge < -0.3 is 0 Å². The molecule has 0 aliphatic rings. The lowest BCUT2D eigenvalue weighted by molar-refractivity contribution is 0.325. The van der Waals surface area contributed by atoms with Gasteiger partial charge in [0.15, 0.2) is 0 Å². The number of hydrogen-bond acceptors (Lipinski definition) is 0. The number of allylic oxidation sites excluding steroid dienone is 1. The predicted molar refractivity (Wildman–Crippen MR) is 51.4 cm³/mol. The number of rotatable bonds is 6. The summed E-state index contributed by atoms with van der Waals surface area (Å²) in [5, 5.41) is 0. The van der Waals surface area contributed by atoms with Gasteiger partial charge in [0.05, 0.1) is 0 Å². The summed E-state index contributed by atoms with van der Waals surface area (Å²) in [6.07, 6.45) is 8.13. The highest BCUT2D eigenvalue weighted by atomic mass is 14.2. The Morgan fingerprint density at radius 3 is 2.36 bits per heavy atom. The van der Waals surface area contributed by atoms with Gasteiger partial charge in [-0.2, -0.15) is 0 Å². The van der Waals surface area contributed by atoms with E-state index in [9.17, 15) is 0 Å². The van der Waals surface area contributed by atoms with E-state index < -0.39 is 0 Å². The summed E-state index contributed by atoms with van der Waals surface area (Å²) in [5.74, 6) is 0. The lowest BCUT2D eigenvalue weighted by atomic mass is 9.84. The molecule has 0 amide bonds. The van der Waals surface area contributed by atoms with Gasteiger partial charge in [-0.05, 0) is 18.3 Å². The molecule has 1 radical (unpaired) electrons. The normalized spacial score (nSPS) is 11.5. The molecular formula is C11H21. The maximum Gasteiger partial charge on any atom is -0.0296 e. The second kappa shape index (κ2) is 5.40. The predicted octanol–water partition coefficient (Wildman–Crippen LogP) is 3.97. The minimum Gasteiger partial charge on any atom is -0.0840 e. The van der Waals surface area contributed by atoms with Gasteiger partial charge in [-0.25, -0.2) is 0 Å². The molecule has 0 aromatic carbocycles. The molecule has 0 bridgehead atoms. The quantitative estimate of drug-likeness (QED) is 0.506. The zero-order chi connectivity index (χ0) is 8.74. The van der Waals surface area contributed by atoms with E-state index in [4.69, 9.17) is 6.58 Å². The zero-order valence-corrected chi connectivity index (χ0v) is 8.19. The second-order valence-corrected chi connectivity index (χ2v) is 4.06. The van der Waals surface area contributed by atoms with Crippen LogP contribution in [0.5, 0.6) is 0 Å². The average Bonchev–Trinajstić information content (AvgIpc) is 1.87. The molecule has 0 fully saturated rings. The molecule has 0 rings (SSSR count). The van der Waals surface area contributed by atoms with Crippen molar-refractivity contribution in [3.63, 3.8) is 0 Å². The van der Waals surface area contributed by atoms with Crippen LogP contribution in [0, 0.1) is 12.0 Å². The molecule has 0 saturated carbocycles. The largest absolute Gasteiger partial charge is 0.0840 e. The molecule has 0 aromatic rings. The van der Waals surface area contributed by atoms with Crippen molar-refractivity contribution in [3.8, 4) is 0 Å². The monoisotopic (exact) mass is 153 g/mol. The fraction of sp³-hybridized carbons (Fsp3) is 0.818. The third kappa shape index (κ3) is 6.15. The summed E-state index contributed by atoms with van der Waals surface area (Å²) in [6, 6.07) is 0. The summed E-state index contributed by atoms with van der Waals surface area (Å²) in [5.41, 5.74) is 0.421. The molecule has 0 spiro atoms. The van der Waals surface area contributed by atoms with Crippen molar-refractivity contribution in [3.05, 3.63) is 12.7 Å². The first kappa shape index (κ1) is 10.7. The van der Waals surface area contributed by atoms with E-state index in [-0.39, 0.29) is 0 Å². The maximum absolute atomic E-state index is 5.39. The van der Waals surface area contributed by atoms with E-state index in [1.165, 1.54) is 25.7 Å². The molecule has 0 atom stereocenters. The Labute approximate surface area is 71.7 Å². The van der Waals surface area contributed by atoms with Gasteiger partial charge in [-0.3, -0.25) is 0 Å². The molecule has 0 N–H and O–H groups in total. The van der Waals surface area contributed by atoms with Crippen LogP contribution in [0.1, 0.15) is 52.9 Å². The molecular weight excluding hydrogens is 132 g/mol. The SMILES string of the molecule is [CH]=CCC(C)(C)CCCCC. The van der Waals surface area contributed by atoms with E-state index in [1.807, 2.05) is 0 Å². The Balaban J connectivity index is 3.45. The Kier molecular flexibility index (Phi) is 5.27. The Hall–Kier alpha value is -0.260. The third-order valence-electron chi connectivity index (χ3n) is 2.13. The summed E-state index contributed by atoms with van der Waals surface area (Å²) in [7, 11) is 0. The molecule has 0 saturated heterocycles. The van der Waals surface area contributed by atoms with Crippen molar-refractivity contribution in [1.29, 1.82) is 0 Å².